The lowest BCUT2D eigenvalue weighted by molar-refractivity contribution is -0.117. The van der Waals surface area contributed by atoms with E-state index in [0.717, 1.165) is 48.9 Å². The minimum Gasteiger partial charge on any atom is -0.326 e. The number of unbranched alkanes of at least 4 members (excludes halogenated alkanes) is 16. The first-order chi connectivity index (χ1) is 20.5. The van der Waals surface area contributed by atoms with Crippen LogP contribution < -0.4 is 16.1 Å². The van der Waals surface area contributed by atoms with Crippen molar-refractivity contribution in [3.63, 3.8) is 0 Å². The predicted octanol–water partition coefficient (Wildman–Crippen LogP) is 10.4. The molecular formula is C37H56N2O3. The van der Waals surface area contributed by atoms with Gasteiger partial charge in [-0.25, -0.2) is 0 Å². The summed E-state index contributed by atoms with van der Waals surface area (Å²) in [5, 5.41) is 5.80. The van der Waals surface area contributed by atoms with Crippen molar-refractivity contribution < 1.29 is 9.59 Å². The summed E-state index contributed by atoms with van der Waals surface area (Å²) in [6, 6.07) is 14.5. The molecule has 0 aliphatic rings. The van der Waals surface area contributed by atoms with Crippen LogP contribution in [0.2, 0.25) is 0 Å². The topological polar surface area (TPSA) is 75.3 Å². The van der Waals surface area contributed by atoms with E-state index in [2.05, 4.69) is 24.5 Å². The zero-order valence-corrected chi connectivity index (χ0v) is 26.5. The number of carbonyl (C=O) groups excluding carboxylic acids is 2. The summed E-state index contributed by atoms with van der Waals surface area (Å²) in [7, 11) is 0. The van der Waals surface area contributed by atoms with Gasteiger partial charge in [-0.2, -0.15) is 0 Å². The van der Waals surface area contributed by atoms with Gasteiger partial charge in [0.05, 0.1) is 5.69 Å². The quantitative estimate of drug-likeness (QED) is 0.129. The van der Waals surface area contributed by atoms with E-state index in [-0.39, 0.29) is 17.2 Å². The van der Waals surface area contributed by atoms with E-state index in [0.29, 0.717) is 18.5 Å². The molecule has 0 fully saturated rings. The number of amides is 2. The highest BCUT2D eigenvalue weighted by Gasteiger charge is 2.07. The first-order valence-electron chi connectivity index (χ1n) is 16.9. The minimum absolute atomic E-state index is 0.0515. The van der Waals surface area contributed by atoms with E-state index in [4.69, 9.17) is 0 Å². The van der Waals surface area contributed by atoms with Crippen molar-refractivity contribution in [2.24, 2.45) is 0 Å². The third kappa shape index (κ3) is 15.9. The predicted molar refractivity (Wildman–Crippen MR) is 179 cm³/mol. The average Bonchev–Trinajstić information content (AvgIpc) is 3.17. The highest BCUT2D eigenvalue weighted by molar-refractivity contribution is 5.91. The summed E-state index contributed by atoms with van der Waals surface area (Å²) in [6.07, 6.45) is 22.9. The lowest BCUT2D eigenvalue weighted by Crippen LogP contribution is -2.16. The van der Waals surface area contributed by atoms with E-state index in [9.17, 15) is 14.4 Å². The summed E-state index contributed by atoms with van der Waals surface area (Å²) in [5.41, 5.74) is 2.69. The van der Waals surface area contributed by atoms with Gasteiger partial charge < -0.3 is 10.6 Å². The van der Waals surface area contributed by atoms with Gasteiger partial charge in [0.2, 0.25) is 17.2 Å². The Labute approximate surface area is 255 Å². The lowest BCUT2D eigenvalue weighted by atomic mass is 10.1. The normalized spacial score (nSPS) is 10.9. The first kappa shape index (κ1) is 35.2. The molecular weight excluding hydrogens is 520 g/mol. The molecule has 2 aromatic carbocycles. The zero-order valence-electron chi connectivity index (χ0n) is 26.5. The van der Waals surface area contributed by atoms with Crippen molar-refractivity contribution in [2.75, 3.05) is 10.6 Å². The van der Waals surface area contributed by atoms with Crippen molar-refractivity contribution in [3.8, 4) is 11.1 Å². The third-order valence-corrected chi connectivity index (χ3v) is 7.90. The summed E-state index contributed by atoms with van der Waals surface area (Å²) < 4.78 is 0. The van der Waals surface area contributed by atoms with Crippen LogP contribution in [0.25, 0.3) is 11.1 Å². The van der Waals surface area contributed by atoms with Crippen LogP contribution >= 0.6 is 0 Å². The number of hydrogen-bond acceptors (Lipinski definition) is 3. The Morgan fingerprint density at radius 1 is 0.476 bits per heavy atom. The molecule has 2 rings (SSSR count). The molecule has 42 heavy (non-hydrogen) atoms. The van der Waals surface area contributed by atoms with Gasteiger partial charge in [0, 0.05) is 18.5 Å². The van der Waals surface area contributed by atoms with Gasteiger partial charge in [0.25, 0.3) is 0 Å². The number of anilines is 2. The van der Waals surface area contributed by atoms with Crippen molar-refractivity contribution in [2.45, 2.75) is 142 Å². The molecule has 2 N–H and O–H groups in total. The van der Waals surface area contributed by atoms with Gasteiger partial charge in [-0.1, -0.05) is 141 Å². The molecule has 0 aliphatic heterocycles. The number of benzene rings is 1. The molecule has 5 heteroatoms. The maximum absolute atomic E-state index is 12.6. The maximum Gasteiger partial charge on any atom is 0.224 e. The van der Waals surface area contributed by atoms with E-state index < -0.39 is 0 Å². The second kappa shape index (κ2) is 22.6. The van der Waals surface area contributed by atoms with Crippen molar-refractivity contribution >= 4 is 23.2 Å². The van der Waals surface area contributed by atoms with E-state index in [1.165, 1.54) is 89.5 Å². The van der Waals surface area contributed by atoms with Gasteiger partial charge in [0.1, 0.15) is 0 Å². The molecule has 0 bridgehead atoms. The highest BCUT2D eigenvalue weighted by Crippen LogP contribution is 2.22. The molecule has 5 nitrogen and oxygen atoms in total. The molecule has 0 atom stereocenters. The van der Waals surface area contributed by atoms with Gasteiger partial charge >= 0.3 is 0 Å². The smallest absolute Gasteiger partial charge is 0.224 e. The standard InChI is InChI=1S/C37H56N2O3/c1-3-5-7-9-11-13-15-17-19-21-36(41)38-33-27-23-31(24-28-33)32-25-29-34(35(40)30-26-32)39-37(42)22-20-18-16-14-12-10-8-6-4-2/h23-30H,3-22H2,1-2H3,(H,38,41)(H,39,40,42). The van der Waals surface area contributed by atoms with Gasteiger partial charge in [-0.05, 0) is 48.2 Å². The fraction of sp³-hybridized carbons (Fsp3) is 0.595. The zero-order chi connectivity index (χ0) is 30.3. The third-order valence-electron chi connectivity index (χ3n) is 7.90. The molecule has 0 aromatic heterocycles. The largest absolute Gasteiger partial charge is 0.326 e. The molecule has 0 spiro atoms. The van der Waals surface area contributed by atoms with Crippen LogP contribution in [0.15, 0.2) is 53.3 Å². The second-order valence-electron chi connectivity index (χ2n) is 11.7. The summed E-state index contributed by atoms with van der Waals surface area (Å²) in [4.78, 5) is 37.4. The van der Waals surface area contributed by atoms with Crippen LogP contribution in [0.5, 0.6) is 0 Å². The Morgan fingerprint density at radius 3 is 1.33 bits per heavy atom. The van der Waals surface area contributed by atoms with Crippen LogP contribution in [0.4, 0.5) is 11.4 Å². The first-order valence-corrected chi connectivity index (χ1v) is 16.9. The minimum atomic E-state index is -0.206. The molecule has 232 valence electrons. The monoisotopic (exact) mass is 576 g/mol. The van der Waals surface area contributed by atoms with Gasteiger partial charge in [-0.15, -0.1) is 0 Å². The fourth-order valence-corrected chi connectivity index (χ4v) is 5.24. The number of nitrogens with one attached hydrogen (secondary N) is 2. The summed E-state index contributed by atoms with van der Waals surface area (Å²) >= 11 is 0. The number of hydrogen-bond donors (Lipinski definition) is 2. The Hall–Kier alpha value is -2.95. The van der Waals surface area contributed by atoms with E-state index in [1.807, 2.05) is 30.3 Å². The highest BCUT2D eigenvalue weighted by atomic mass is 16.2. The molecule has 2 amide bonds. The van der Waals surface area contributed by atoms with Crippen LogP contribution in [0, 0.1) is 0 Å². The van der Waals surface area contributed by atoms with Gasteiger partial charge in [-0.3, -0.25) is 14.4 Å². The van der Waals surface area contributed by atoms with E-state index in [1.54, 1.807) is 12.1 Å². The van der Waals surface area contributed by atoms with Crippen LogP contribution in [-0.2, 0) is 9.59 Å². The van der Waals surface area contributed by atoms with E-state index >= 15 is 0 Å². The lowest BCUT2D eigenvalue weighted by Gasteiger charge is -2.07. The molecule has 0 heterocycles. The number of carbonyl (C=O) groups is 2. The van der Waals surface area contributed by atoms with Crippen LogP contribution in [0.1, 0.15) is 142 Å². The Bertz CT molecular complexity index is 1080. The van der Waals surface area contributed by atoms with Crippen molar-refractivity contribution in [1.29, 1.82) is 0 Å². The molecule has 0 unspecified atom stereocenters. The Kier molecular flexibility index (Phi) is 19.0. The second-order valence-corrected chi connectivity index (χ2v) is 11.7. The molecule has 0 saturated carbocycles. The van der Waals surface area contributed by atoms with Crippen molar-refractivity contribution in [3.05, 3.63) is 58.8 Å². The molecule has 0 saturated heterocycles. The maximum atomic E-state index is 12.6. The molecule has 2 aromatic rings. The Morgan fingerprint density at radius 2 is 0.857 bits per heavy atom. The molecule has 0 aliphatic carbocycles. The number of rotatable bonds is 23. The average molecular weight is 577 g/mol. The van der Waals surface area contributed by atoms with Gasteiger partial charge in [0.15, 0.2) is 0 Å². The SMILES string of the molecule is CCCCCCCCCCCC(=O)Nc1ccc(-c2ccc(NC(=O)CCCCCCCCCCC)c(=O)cc2)cc1. The fourth-order valence-electron chi connectivity index (χ4n) is 5.24. The summed E-state index contributed by atoms with van der Waals surface area (Å²) in [5.74, 6) is -0.0547. The van der Waals surface area contributed by atoms with Crippen LogP contribution in [0.3, 0.4) is 0 Å². The van der Waals surface area contributed by atoms with Crippen LogP contribution in [-0.4, -0.2) is 11.8 Å². The van der Waals surface area contributed by atoms with Crippen molar-refractivity contribution in [1.82, 2.24) is 0 Å². The Balaban J connectivity index is 1.71. The molecule has 0 radical (unpaired) electrons. The summed E-state index contributed by atoms with van der Waals surface area (Å²) in [6.45, 7) is 4.47.